The largest absolute Gasteiger partial charge is 0.490 e. The second-order valence-corrected chi connectivity index (χ2v) is 20.8. The maximum Gasteiger partial charge on any atom is 0.253 e. The quantitative estimate of drug-likeness (QED) is 0.0938. The number of ether oxygens (including phenoxy) is 1. The molecule has 15 nitrogen and oxygen atoms in total. The third kappa shape index (κ3) is 11.1. The molecule has 1 aliphatic carbocycles. The van der Waals surface area contributed by atoms with Gasteiger partial charge in [-0.1, -0.05) is 56.6 Å². The predicted octanol–water partition coefficient (Wildman–Crippen LogP) is 6.18. The van der Waals surface area contributed by atoms with Gasteiger partial charge in [0.2, 0.25) is 17.7 Å². The lowest BCUT2D eigenvalue weighted by Crippen LogP contribution is -2.57. The number of carbonyl (C=O) groups is 4. The topological polar surface area (TPSA) is 193 Å². The number of aryl methyl sites for hydroxylation is 1. The van der Waals surface area contributed by atoms with E-state index in [0.29, 0.717) is 53.2 Å². The molecule has 4 amide bonds. The summed E-state index contributed by atoms with van der Waals surface area (Å²) in [5.74, 6) is 0.363. The summed E-state index contributed by atoms with van der Waals surface area (Å²) in [4.78, 5) is 70.6. The molecule has 354 valence electrons. The van der Waals surface area contributed by atoms with Gasteiger partial charge in [-0.25, -0.2) is 9.97 Å². The number of amides is 4. The van der Waals surface area contributed by atoms with Crippen molar-refractivity contribution in [2.24, 2.45) is 5.41 Å². The Bertz CT molecular complexity index is 2480. The molecule has 0 unspecified atom stereocenters. The van der Waals surface area contributed by atoms with Gasteiger partial charge in [0, 0.05) is 75.7 Å². The maximum atomic E-state index is 14.2. The summed E-state index contributed by atoms with van der Waals surface area (Å²) in [6.45, 7) is 12.2. The highest BCUT2D eigenvalue weighted by molar-refractivity contribution is 7.13. The summed E-state index contributed by atoms with van der Waals surface area (Å²) in [5.41, 5.74) is 5.03. The van der Waals surface area contributed by atoms with Crippen LogP contribution in [0, 0.1) is 23.7 Å². The van der Waals surface area contributed by atoms with E-state index in [1.54, 1.807) is 35.7 Å². The molecule has 4 aliphatic rings. The standard InChI is InChI=1S/C50H60ClN9O6S/c1-29(31-9-11-32(12-10-31)45-30(2)54-28-67-45)55-48(64)42-21-38(61)27-60(42)49(65)46(50(3,4)5)57-44(62)8-6-7-17-58-25-37-20-36(58)26-59(37)43-16-14-34(24-53-43)47(63)56-35-18-40(19-35)66-39-15-13-33(23-52)41(51)22-39/h9-16,22,24,28-29,35-38,40,42,46,61H,6-8,17-21,25-27H2,1-5H3,(H,55,64)(H,56,63)(H,57,62)/t29-,35-,36+,37+,38+,40-,42-,46+/m0/s1. The van der Waals surface area contributed by atoms with Crippen molar-refractivity contribution in [3.05, 3.63) is 93.7 Å². The number of aromatic nitrogens is 2. The molecule has 4 N–H and O–H groups in total. The van der Waals surface area contributed by atoms with Gasteiger partial charge in [-0.05, 0) is 80.5 Å². The molecular formula is C50H60ClN9O6S. The molecule has 17 heteroatoms. The molecule has 8 rings (SSSR count). The zero-order valence-corrected chi connectivity index (χ0v) is 40.3. The number of thiazole rings is 1. The number of piperazine rings is 1. The molecule has 6 atom stereocenters. The minimum atomic E-state index is -0.878. The number of nitrogens with one attached hydrogen (secondary N) is 3. The molecule has 3 aliphatic heterocycles. The van der Waals surface area contributed by atoms with Crippen molar-refractivity contribution in [1.29, 1.82) is 5.26 Å². The highest BCUT2D eigenvalue weighted by atomic mass is 35.5. The van der Waals surface area contributed by atoms with Crippen molar-refractivity contribution in [1.82, 2.24) is 35.7 Å². The summed E-state index contributed by atoms with van der Waals surface area (Å²) >= 11 is 7.71. The van der Waals surface area contributed by atoms with Gasteiger partial charge in [0.1, 0.15) is 35.8 Å². The Balaban J connectivity index is 0.751. The number of pyridine rings is 1. The van der Waals surface area contributed by atoms with Gasteiger partial charge >= 0.3 is 0 Å². The van der Waals surface area contributed by atoms with Gasteiger partial charge in [-0.3, -0.25) is 24.1 Å². The van der Waals surface area contributed by atoms with Crippen LogP contribution in [0.4, 0.5) is 5.82 Å². The number of likely N-dealkylation sites (tertiary alicyclic amines) is 2. The van der Waals surface area contributed by atoms with Crippen molar-refractivity contribution in [2.45, 2.75) is 128 Å². The first-order valence-electron chi connectivity index (χ1n) is 23.3. The molecule has 0 radical (unpaired) electrons. The Morgan fingerprint density at radius 1 is 0.970 bits per heavy atom. The number of anilines is 1. The fourth-order valence-corrected chi connectivity index (χ4v) is 10.8. The van der Waals surface area contributed by atoms with Crippen LogP contribution in [-0.4, -0.2) is 117 Å². The summed E-state index contributed by atoms with van der Waals surface area (Å²) < 4.78 is 5.96. The SMILES string of the molecule is Cc1ncsc1-c1ccc([C@H](C)NC(=O)[C@@H]2C[C@@H](O)CN2C(=O)[C@@H](NC(=O)CCCCN2C[C@H]3C[C@@H]2CN3c2ccc(C(=O)N[C@H]3C[C@H](Oc4ccc(C#N)c(Cl)c4)C3)cn2)C(C)(C)C)cc1. The Morgan fingerprint density at radius 3 is 2.39 bits per heavy atom. The molecule has 2 bridgehead atoms. The number of carbonyl (C=O) groups excluding carboxylic acids is 4. The first kappa shape index (κ1) is 47.9. The van der Waals surface area contributed by atoms with Crippen molar-refractivity contribution in [2.75, 3.05) is 31.1 Å². The predicted molar refractivity (Wildman–Crippen MR) is 257 cm³/mol. The first-order valence-corrected chi connectivity index (χ1v) is 24.5. The fraction of sp³-hybridized carbons (Fsp3) is 0.500. The Kier molecular flexibility index (Phi) is 14.5. The van der Waals surface area contributed by atoms with E-state index >= 15 is 0 Å². The molecule has 3 saturated heterocycles. The average Bonchev–Trinajstić information content (AvgIpc) is 4.10. The van der Waals surface area contributed by atoms with E-state index in [0.717, 1.165) is 60.0 Å². The van der Waals surface area contributed by atoms with Gasteiger partial charge in [-0.15, -0.1) is 11.3 Å². The van der Waals surface area contributed by atoms with Crippen molar-refractivity contribution in [3.8, 4) is 22.3 Å². The van der Waals surface area contributed by atoms with E-state index in [9.17, 15) is 24.3 Å². The Labute approximate surface area is 401 Å². The number of aliphatic hydroxyl groups is 1. The lowest BCUT2D eigenvalue weighted by atomic mass is 9.85. The highest BCUT2D eigenvalue weighted by Gasteiger charge is 2.46. The number of β-amino-alcohol motifs (C(OH)–C–C–N with tert-alkyl or cyclic N) is 1. The zero-order valence-electron chi connectivity index (χ0n) is 38.7. The van der Waals surface area contributed by atoms with Gasteiger partial charge in [-0.2, -0.15) is 5.26 Å². The molecule has 1 saturated carbocycles. The zero-order chi connectivity index (χ0) is 47.6. The number of unbranched alkanes of at least 4 members (excludes halogenated alkanes) is 1. The smallest absolute Gasteiger partial charge is 0.253 e. The molecule has 4 fully saturated rings. The van der Waals surface area contributed by atoms with E-state index in [1.807, 2.05) is 82.6 Å². The van der Waals surface area contributed by atoms with Crippen LogP contribution in [-0.2, 0) is 14.4 Å². The third-order valence-electron chi connectivity index (χ3n) is 13.6. The number of nitriles is 1. The van der Waals surface area contributed by atoms with Crippen LogP contribution in [0.25, 0.3) is 10.4 Å². The van der Waals surface area contributed by atoms with Crippen LogP contribution in [0.1, 0.15) is 106 Å². The summed E-state index contributed by atoms with van der Waals surface area (Å²) in [6.07, 6.45) is 5.01. The number of rotatable bonds is 16. The van der Waals surface area contributed by atoms with Crippen LogP contribution in [0.3, 0.4) is 0 Å². The highest BCUT2D eigenvalue weighted by Crippen LogP contribution is 2.35. The van der Waals surface area contributed by atoms with Crippen molar-refractivity contribution < 1.29 is 29.0 Å². The van der Waals surface area contributed by atoms with Crippen LogP contribution < -0.4 is 25.6 Å². The third-order valence-corrected chi connectivity index (χ3v) is 14.9. The van der Waals surface area contributed by atoms with E-state index in [-0.39, 0.29) is 61.2 Å². The number of hydrogen-bond donors (Lipinski definition) is 4. The summed E-state index contributed by atoms with van der Waals surface area (Å²) in [6, 6.07) is 17.4. The minimum Gasteiger partial charge on any atom is -0.490 e. The number of aliphatic hydroxyl groups excluding tert-OH is 1. The fourth-order valence-electron chi connectivity index (χ4n) is 9.74. The molecule has 4 aromatic rings. The van der Waals surface area contributed by atoms with Gasteiger partial charge < -0.3 is 35.6 Å². The molecular weight excluding hydrogens is 890 g/mol. The Morgan fingerprint density at radius 2 is 1.75 bits per heavy atom. The average molecular weight is 951 g/mol. The van der Waals surface area contributed by atoms with Crippen LogP contribution in [0.5, 0.6) is 5.75 Å². The lowest BCUT2D eigenvalue weighted by Gasteiger charge is -2.36. The van der Waals surface area contributed by atoms with E-state index in [4.69, 9.17) is 21.6 Å². The number of nitrogens with zero attached hydrogens (tertiary/aromatic N) is 6. The monoisotopic (exact) mass is 949 g/mol. The van der Waals surface area contributed by atoms with Crippen molar-refractivity contribution >= 4 is 52.4 Å². The van der Waals surface area contributed by atoms with Crippen LogP contribution >= 0.6 is 22.9 Å². The molecule has 67 heavy (non-hydrogen) atoms. The van der Waals surface area contributed by atoms with E-state index < -0.39 is 23.6 Å². The number of halogens is 1. The second kappa shape index (κ2) is 20.3. The van der Waals surface area contributed by atoms with Gasteiger partial charge in [0.15, 0.2) is 0 Å². The normalized spacial score (nSPS) is 23.3. The van der Waals surface area contributed by atoms with Gasteiger partial charge in [0.25, 0.3) is 5.91 Å². The van der Waals surface area contributed by atoms with Crippen LogP contribution in [0.15, 0.2) is 66.3 Å². The molecule has 5 heterocycles. The first-order chi connectivity index (χ1) is 32.0. The number of fused-ring (bicyclic) bond motifs is 2. The van der Waals surface area contributed by atoms with Gasteiger partial charge in [0.05, 0.1) is 44.4 Å². The van der Waals surface area contributed by atoms with Crippen LogP contribution in [0.2, 0.25) is 5.02 Å². The summed E-state index contributed by atoms with van der Waals surface area (Å²) in [5, 5.41) is 29.2. The maximum absolute atomic E-state index is 14.2. The lowest BCUT2D eigenvalue weighted by molar-refractivity contribution is -0.144. The second-order valence-electron chi connectivity index (χ2n) is 19.6. The number of hydrogen-bond acceptors (Lipinski definition) is 12. The molecule has 2 aromatic heterocycles. The van der Waals surface area contributed by atoms with E-state index in [1.165, 1.54) is 4.90 Å². The van der Waals surface area contributed by atoms with Crippen molar-refractivity contribution in [3.63, 3.8) is 0 Å². The molecule has 2 aromatic carbocycles. The Hall–Kier alpha value is -5.60. The summed E-state index contributed by atoms with van der Waals surface area (Å²) in [7, 11) is 0. The van der Waals surface area contributed by atoms with E-state index in [2.05, 4.69) is 35.7 Å². The molecule has 0 spiro atoms. The number of benzene rings is 2. The minimum absolute atomic E-state index is 0.000524.